The standard InChI is InChI=1S/C18H24ClN3O/c1-13(2)10-22(11-14(3)4)12-15(9-20)18(23)21-17-7-5-6-16(19)8-17/h5-8,12-14H,10-11H2,1-4H3,(H,21,23)/b15-12-. The van der Waals surface area contributed by atoms with E-state index >= 15 is 0 Å². The first-order valence-electron chi connectivity index (χ1n) is 7.74. The molecule has 0 radical (unpaired) electrons. The van der Waals surface area contributed by atoms with Crippen molar-refractivity contribution in [1.82, 2.24) is 4.90 Å². The Morgan fingerprint density at radius 2 is 1.91 bits per heavy atom. The molecule has 23 heavy (non-hydrogen) atoms. The topological polar surface area (TPSA) is 56.1 Å². The number of nitrogens with zero attached hydrogens (tertiary/aromatic N) is 2. The summed E-state index contributed by atoms with van der Waals surface area (Å²) in [5, 5.41) is 12.6. The minimum absolute atomic E-state index is 0.0891. The van der Waals surface area contributed by atoms with Crippen LogP contribution in [0.25, 0.3) is 0 Å². The van der Waals surface area contributed by atoms with Crippen LogP contribution in [0, 0.1) is 23.2 Å². The SMILES string of the molecule is CC(C)CN(/C=C(/C#N)C(=O)Nc1cccc(Cl)c1)CC(C)C. The third-order valence-corrected chi connectivity index (χ3v) is 3.19. The molecule has 0 atom stereocenters. The molecule has 1 aromatic carbocycles. The van der Waals surface area contributed by atoms with Crippen LogP contribution >= 0.6 is 11.6 Å². The third kappa shape index (κ3) is 7.21. The summed E-state index contributed by atoms with van der Waals surface area (Å²) in [5.74, 6) is 0.467. The van der Waals surface area contributed by atoms with Crippen molar-refractivity contribution in [3.8, 4) is 6.07 Å². The van der Waals surface area contributed by atoms with Gasteiger partial charge < -0.3 is 10.2 Å². The molecule has 0 aliphatic heterocycles. The lowest BCUT2D eigenvalue weighted by molar-refractivity contribution is -0.112. The largest absolute Gasteiger partial charge is 0.376 e. The van der Waals surface area contributed by atoms with Crippen LogP contribution in [-0.4, -0.2) is 23.9 Å². The van der Waals surface area contributed by atoms with Crippen molar-refractivity contribution in [2.75, 3.05) is 18.4 Å². The van der Waals surface area contributed by atoms with Gasteiger partial charge in [-0.2, -0.15) is 5.26 Å². The molecule has 0 fully saturated rings. The molecule has 1 amide bonds. The van der Waals surface area contributed by atoms with Crippen LogP contribution in [0.4, 0.5) is 5.69 Å². The summed E-state index contributed by atoms with van der Waals surface area (Å²) >= 11 is 5.90. The Morgan fingerprint density at radius 1 is 1.30 bits per heavy atom. The molecule has 0 saturated heterocycles. The van der Waals surface area contributed by atoms with E-state index in [2.05, 4.69) is 33.0 Å². The van der Waals surface area contributed by atoms with Crippen molar-refractivity contribution < 1.29 is 4.79 Å². The molecular weight excluding hydrogens is 310 g/mol. The number of carbonyl (C=O) groups is 1. The molecule has 0 unspecified atom stereocenters. The van der Waals surface area contributed by atoms with Crippen molar-refractivity contribution >= 4 is 23.2 Å². The van der Waals surface area contributed by atoms with E-state index in [0.29, 0.717) is 22.5 Å². The molecule has 0 aliphatic rings. The summed E-state index contributed by atoms with van der Waals surface area (Å²) in [7, 11) is 0. The number of nitriles is 1. The second-order valence-corrected chi connectivity index (χ2v) is 6.80. The van der Waals surface area contributed by atoms with Crippen LogP contribution in [0.5, 0.6) is 0 Å². The monoisotopic (exact) mass is 333 g/mol. The van der Waals surface area contributed by atoms with E-state index < -0.39 is 5.91 Å². The average Bonchev–Trinajstić information content (AvgIpc) is 2.43. The zero-order valence-corrected chi connectivity index (χ0v) is 14.9. The molecule has 4 nitrogen and oxygen atoms in total. The molecule has 0 spiro atoms. The highest BCUT2D eigenvalue weighted by Gasteiger charge is 2.13. The van der Waals surface area contributed by atoms with E-state index in [0.717, 1.165) is 13.1 Å². The minimum Gasteiger partial charge on any atom is -0.376 e. The Kier molecular flexibility index (Phi) is 7.64. The van der Waals surface area contributed by atoms with E-state index in [4.69, 9.17) is 11.6 Å². The first kappa shape index (κ1) is 19.1. The van der Waals surface area contributed by atoms with E-state index in [9.17, 15) is 10.1 Å². The maximum Gasteiger partial charge on any atom is 0.267 e. The van der Waals surface area contributed by atoms with Gasteiger partial charge in [0.1, 0.15) is 11.6 Å². The molecule has 5 heteroatoms. The fourth-order valence-electron chi connectivity index (χ4n) is 2.20. The first-order valence-corrected chi connectivity index (χ1v) is 8.12. The van der Waals surface area contributed by atoms with Crippen LogP contribution in [0.1, 0.15) is 27.7 Å². The van der Waals surface area contributed by atoms with E-state index in [-0.39, 0.29) is 5.57 Å². The van der Waals surface area contributed by atoms with Crippen molar-refractivity contribution in [3.63, 3.8) is 0 Å². The minimum atomic E-state index is -0.424. The zero-order valence-electron chi connectivity index (χ0n) is 14.1. The van der Waals surface area contributed by atoms with Gasteiger partial charge in [0.15, 0.2) is 0 Å². The smallest absolute Gasteiger partial charge is 0.267 e. The van der Waals surface area contributed by atoms with Gasteiger partial charge >= 0.3 is 0 Å². The lowest BCUT2D eigenvalue weighted by Crippen LogP contribution is -2.28. The molecule has 1 N–H and O–H groups in total. The molecule has 1 aromatic rings. The normalized spacial score (nSPS) is 11.5. The Labute approximate surface area is 143 Å². The Morgan fingerprint density at radius 3 is 2.39 bits per heavy atom. The van der Waals surface area contributed by atoms with Gasteiger partial charge in [-0.15, -0.1) is 0 Å². The lowest BCUT2D eigenvalue weighted by atomic mass is 10.1. The van der Waals surface area contributed by atoms with Crippen LogP contribution in [-0.2, 0) is 4.79 Å². The van der Waals surface area contributed by atoms with Crippen molar-refractivity contribution in [2.45, 2.75) is 27.7 Å². The second-order valence-electron chi connectivity index (χ2n) is 6.36. The van der Waals surface area contributed by atoms with Crippen LogP contribution < -0.4 is 5.32 Å². The lowest BCUT2D eigenvalue weighted by Gasteiger charge is -2.25. The van der Waals surface area contributed by atoms with Gasteiger partial charge in [-0.3, -0.25) is 4.79 Å². The molecule has 0 aromatic heterocycles. The van der Waals surface area contributed by atoms with E-state index in [1.807, 2.05) is 11.0 Å². The summed E-state index contributed by atoms with van der Waals surface area (Å²) < 4.78 is 0. The zero-order chi connectivity index (χ0) is 17.4. The Hall–Kier alpha value is -1.99. The summed E-state index contributed by atoms with van der Waals surface area (Å²) in [6.45, 7) is 10.0. The maximum atomic E-state index is 12.3. The van der Waals surface area contributed by atoms with Gasteiger partial charge in [-0.05, 0) is 30.0 Å². The van der Waals surface area contributed by atoms with E-state index in [1.54, 1.807) is 30.5 Å². The third-order valence-electron chi connectivity index (χ3n) is 2.96. The quantitative estimate of drug-likeness (QED) is 0.598. The summed E-state index contributed by atoms with van der Waals surface area (Å²) in [5.41, 5.74) is 0.661. The van der Waals surface area contributed by atoms with Crippen molar-refractivity contribution in [3.05, 3.63) is 41.1 Å². The maximum absolute atomic E-state index is 12.3. The van der Waals surface area contributed by atoms with E-state index in [1.165, 1.54) is 0 Å². The number of rotatable bonds is 7. The number of benzene rings is 1. The highest BCUT2D eigenvalue weighted by molar-refractivity contribution is 6.31. The number of nitrogens with one attached hydrogen (secondary N) is 1. The van der Waals surface area contributed by atoms with Gasteiger partial charge in [0.05, 0.1) is 0 Å². The second kappa shape index (κ2) is 9.22. The summed E-state index contributed by atoms with van der Waals surface area (Å²) in [4.78, 5) is 14.3. The highest BCUT2D eigenvalue weighted by atomic mass is 35.5. The van der Waals surface area contributed by atoms with Gasteiger partial charge in [0, 0.05) is 30.0 Å². The number of hydrogen-bond acceptors (Lipinski definition) is 3. The molecule has 0 heterocycles. The number of halogens is 1. The average molecular weight is 334 g/mol. The summed E-state index contributed by atoms with van der Waals surface area (Å²) in [6.07, 6.45) is 1.65. The van der Waals surface area contributed by atoms with Gasteiger partial charge in [-0.1, -0.05) is 45.4 Å². The molecule has 0 bridgehead atoms. The predicted octanol–water partition coefficient (Wildman–Crippen LogP) is 4.30. The molecule has 0 saturated carbocycles. The molecule has 0 aliphatic carbocycles. The molecule has 124 valence electrons. The highest BCUT2D eigenvalue weighted by Crippen LogP contribution is 2.16. The van der Waals surface area contributed by atoms with Crippen LogP contribution in [0.2, 0.25) is 5.02 Å². The molecule has 1 rings (SSSR count). The van der Waals surface area contributed by atoms with Crippen molar-refractivity contribution in [1.29, 1.82) is 5.26 Å². The van der Waals surface area contributed by atoms with Crippen LogP contribution in [0.3, 0.4) is 0 Å². The fourth-order valence-corrected chi connectivity index (χ4v) is 2.39. The van der Waals surface area contributed by atoms with Crippen LogP contribution in [0.15, 0.2) is 36.0 Å². The van der Waals surface area contributed by atoms with Gasteiger partial charge in [0.2, 0.25) is 0 Å². The number of carbonyl (C=O) groups excluding carboxylic acids is 1. The fraction of sp³-hybridized carbons (Fsp3) is 0.444. The van der Waals surface area contributed by atoms with Crippen molar-refractivity contribution in [2.24, 2.45) is 11.8 Å². The number of anilines is 1. The molecular formula is C18H24ClN3O. The summed E-state index contributed by atoms with van der Waals surface area (Å²) in [6, 6.07) is 8.85. The Balaban J connectivity index is 2.90. The predicted molar refractivity (Wildman–Crippen MR) is 95.0 cm³/mol. The number of amides is 1. The Bertz CT molecular complexity index is 593. The first-order chi connectivity index (χ1) is 10.8. The van der Waals surface area contributed by atoms with Gasteiger partial charge in [0.25, 0.3) is 5.91 Å². The number of hydrogen-bond donors (Lipinski definition) is 1. The van der Waals surface area contributed by atoms with Gasteiger partial charge in [-0.25, -0.2) is 0 Å².